The third-order valence-electron chi connectivity index (χ3n) is 7.41. The first-order valence-electron chi connectivity index (χ1n) is 13.7. The van der Waals surface area contributed by atoms with Gasteiger partial charge in [-0.2, -0.15) is 14.4 Å². The smallest absolute Gasteiger partial charge is 0.256 e. The van der Waals surface area contributed by atoms with Gasteiger partial charge in [0, 0.05) is 25.7 Å². The Kier molecular flexibility index (Phi) is 9.39. The highest BCUT2D eigenvalue weighted by Crippen LogP contribution is 2.34. The highest BCUT2D eigenvalue weighted by molar-refractivity contribution is 7.89. The zero-order valence-electron chi connectivity index (χ0n) is 22.8. The lowest BCUT2D eigenvalue weighted by atomic mass is 10.0. The molecule has 2 aliphatic rings. The van der Waals surface area contributed by atoms with E-state index in [-0.39, 0.29) is 41.4 Å². The van der Waals surface area contributed by atoms with Gasteiger partial charge in [-0.25, -0.2) is 13.4 Å². The lowest BCUT2D eigenvalue weighted by molar-refractivity contribution is 0.189. The molecule has 1 aromatic heterocycles. The molecule has 220 valence electrons. The molecule has 5 rings (SSSR count). The first-order valence-corrected chi connectivity index (χ1v) is 15.5. The number of sulfonamides is 1. The van der Waals surface area contributed by atoms with Crippen LogP contribution in [0.25, 0.3) is 0 Å². The van der Waals surface area contributed by atoms with E-state index in [1.54, 1.807) is 18.2 Å². The largest absolute Gasteiger partial charge is 0.395 e. The summed E-state index contributed by atoms with van der Waals surface area (Å²) in [5.74, 6) is 0.439. The Labute approximate surface area is 245 Å². The van der Waals surface area contributed by atoms with E-state index in [0.717, 1.165) is 31.4 Å². The molecule has 3 aromatic rings. The average molecular weight is 603 g/mol. The molecule has 1 aliphatic carbocycles. The molecule has 2 aromatic carbocycles. The summed E-state index contributed by atoms with van der Waals surface area (Å²) in [4.78, 5) is 14.7. The highest BCUT2D eigenvalue weighted by atomic mass is 35.5. The lowest BCUT2D eigenvalue weighted by Gasteiger charge is -2.22. The summed E-state index contributed by atoms with van der Waals surface area (Å²) in [6.45, 7) is 1.00. The number of benzene rings is 2. The fraction of sp³-hybridized carbons (Fsp3) is 0.429. The zero-order valence-corrected chi connectivity index (χ0v) is 24.4. The summed E-state index contributed by atoms with van der Waals surface area (Å²) in [7, 11) is -2.33. The third-order valence-corrected chi connectivity index (χ3v) is 9.61. The Morgan fingerprint density at radius 1 is 1.20 bits per heavy atom. The maximum Gasteiger partial charge on any atom is 0.256 e. The summed E-state index contributed by atoms with van der Waals surface area (Å²) >= 11 is 6.45. The number of hydrogen-bond acceptors (Lipinski definition) is 10. The molecule has 0 saturated carbocycles. The molecule has 4 N–H and O–H groups in total. The Balaban J connectivity index is 1.41. The van der Waals surface area contributed by atoms with Gasteiger partial charge in [0.1, 0.15) is 9.92 Å². The van der Waals surface area contributed by atoms with Gasteiger partial charge in [0.15, 0.2) is 5.82 Å². The summed E-state index contributed by atoms with van der Waals surface area (Å²) in [6.07, 6.45) is 5.01. The average Bonchev–Trinajstić information content (AvgIpc) is 3.31. The molecule has 41 heavy (non-hydrogen) atoms. The van der Waals surface area contributed by atoms with E-state index in [1.807, 2.05) is 6.07 Å². The number of nitrogens with one attached hydrogen (secondary N) is 2. The minimum atomic E-state index is -3.86. The molecule has 0 spiro atoms. The van der Waals surface area contributed by atoms with Crippen molar-refractivity contribution in [3.8, 4) is 0 Å². The van der Waals surface area contributed by atoms with Gasteiger partial charge >= 0.3 is 0 Å². The van der Waals surface area contributed by atoms with E-state index in [0.29, 0.717) is 24.7 Å². The van der Waals surface area contributed by atoms with Crippen LogP contribution in [-0.4, -0.2) is 78.4 Å². The molecule has 0 bridgehead atoms. The van der Waals surface area contributed by atoms with Crippen LogP contribution in [0, 0.1) is 0 Å². The number of aromatic nitrogens is 2. The van der Waals surface area contributed by atoms with Gasteiger partial charge in [-0.3, -0.25) is 4.84 Å². The number of nitrogens with zero attached hydrogens (tertiary/aromatic N) is 4. The normalized spacial score (nSPS) is 19.5. The number of aliphatic hydroxyl groups is 2. The van der Waals surface area contributed by atoms with Gasteiger partial charge in [0.25, 0.3) is 5.95 Å². The van der Waals surface area contributed by atoms with Gasteiger partial charge in [0.05, 0.1) is 37.4 Å². The Morgan fingerprint density at radius 2 is 2.02 bits per heavy atom. The van der Waals surface area contributed by atoms with Crippen LogP contribution in [0.4, 0.5) is 23.1 Å². The molecular formula is C28H35ClN6O5S. The number of para-hydroxylation sites is 1. The Morgan fingerprint density at radius 3 is 2.78 bits per heavy atom. The van der Waals surface area contributed by atoms with Gasteiger partial charge in [-0.1, -0.05) is 29.8 Å². The van der Waals surface area contributed by atoms with E-state index in [4.69, 9.17) is 16.4 Å². The molecule has 0 radical (unpaired) electrons. The van der Waals surface area contributed by atoms with Crippen LogP contribution in [-0.2, 0) is 27.7 Å². The first kappa shape index (κ1) is 29.6. The van der Waals surface area contributed by atoms with Crippen LogP contribution >= 0.6 is 11.6 Å². The molecule has 13 heteroatoms. The number of aryl methyl sites for hydroxylation is 1. The quantitative estimate of drug-likeness (QED) is 0.202. The minimum Gasteiger partial charge on any atom is -0.395 e. The van der Waals surface area contributed by atoms with Gasteiger partial charge in [0.2, 0.25) is 10.0 Å². The molecule has 0 amide bonds. The topological polar surface area (TPSA) is 140 Å². The molecule has 1 unspecified atom stereocenters. The van der Waals surface area contributed by atoms with Crippen LogP contribution in [0.5, 0.6) is 0 Å². The standard InChI is InChI=1S/C28H35ClN6O5S/c1-40-35(22-10-9-20-15-21(30-12-14-36)6-4-5-19(20)16-22)28-31-17-24(29)27(33-28)32-25-7-2-3-8-26(25)41(38,39)34-13-11-23(37)18-34/h2-3,7-10,16-17,21,23,30,36-37H,4-6,11-15,18H2,1H3,(H,31,32,33)/t21?,23-/m0/s1. The summed E-state index contributed by atoms with van der Waals surface area (Å²) < 4.78 is 28.0. The van der Waals surface area contributed by atoms with Crippen LogP contribution in [0.3, 0.4) is 0 Å². The first-order chi connectivity index (χ1) is 19.8. The zero-order chi connectivity index (χ0) is 29.0. The number of β-amino-alcohol motifs (C(OH)–C–C–N with tert-alkyl or cyclic N) is 1. The van der Waals surface area contributed by atoms with Gasteiger partial charge in [-0.15, -0.1) is 0 Å². The molecule has 11 nitrogen and oxygen atoms in total. The Hall–Kier alpha value is -2.84. The van der Waals surface area contributed by atoms with Crippen molar-refractivity contribution in [3.05, 3.63) is 64.8 Å². The second kappa shape index (κ2) is 13.0. The van der Waals surface area contributed by atoms with E-state index in [1.165, 1.54) is 39.9 Å². The number of hydrogen-bond donors (Lipinski definition) is 4. The monoisotopic (exact) mass is 602 g/mol. The summed E-state index contributed by atoms with van der Waals surface area (Å²) in [5, 5.41) is 27.3. The number of anilines is 4. The second-order valence-corrected chi connectivity index (χ2v) is 12.5. The summed E-state index contributed by atoms with van der Waals surface area (Å²) in [6, 6.07) is 13.0. The van der Waals surface area contributed by atoms with E-state index in [9.17, 15) is 18.6 Å². The molecule has 2 heterocycles. The van der Waals surface area contributed by atoms with E-state index < -0.39 is 16.1 Å². The predicted octanol–water partition coefficient (Wildman–Crippen LogP) is 3.16. The highest BCUT2D eigenvalue weighted by Gasteiger charge is 2.33. The van der Waals surface area contributed by atoms with Crippen molar-refractivity contribution in [2.75, 3.05) is 43.7 Å². The van der Waals surface area contributed by atoms with Crippen molar-refractivity contribution in [2.45, 2.75) is 49.1 Å². The predicted molar refractivity (Wildman–Crippen MR) is 157 cm³/mol. The number of rotatable bonds is 10. The third kappa shape index (κ3) is 6.64. The SMILES string of the molecule is CON(c1ccc2c(c1)CCCC(NCCO)C2)c1ncc(Cl)c(Nc2ccccc2S(=O)(=O)N2CC[C@H](O)C2)n1. The maximum absolute atomic E-state index is 13.4. The van der Waals surface area contributed by atoms with Crippen LogP contribution in [0.2, 0.25) is 5.02 Å². The van der Waals surface area contributed by atoms with Crippen molar-refractivity contribution in [2.24, 2.45) is 0 Å². The van der Waals surface area contributed by atoms with Crippen LogP contribution in [0.15, 0.2) is 53.6 Å². The van der Waals surface area contributed by atoms with Crippen LogP contribution < -0.4 is 15.7 Å². The molecule has 2 atom stereocenters. The minimum absolute atomic E-state index is 0.0541. The molecule has 1 aliphatic heterocycles. The fourth-order valence-corrected chi connectivity index (χ4v) is 7.13. The van der Waals surface area contributed by atoms with Gasteiger partial charge < -0.3 is 20.8 Å². The number of aliphatic hydroxyl groups excluding tert-OH is 2. The summed E-state index contributed by atoms with van der Waals surface area (Å²) in [5.41, 5.74) is 3.52. The Bertz CT molecular complexity index is 1480. The lowest BCUT2D eigenvalue weighted by Crippen LogP contribution is -2.32. The van der Waals surface area contributed by atoms with Crippen molar-refractivity contribution in [1.82, 2.24) is 19.6 Å². The van der Waals surface area contributed by atoms with Crippen molar-refractivity contribution < 1.29 is 23.5 Å². The number of fused-ring (bicyclic) bond motifs is 1. The van der Waals surface area contributed by atoms with Crippen molar-refractivity contribution >= 4 is 44.8 Å². The van der Waals surface area contributed by atoms with Crippen molar-refractivity contribution in [1.29, 1.82) is 0 Å². The molecule has 1 fully saturated rings. The molecule has 1 saturated heterocycles. The second-order valence-electron chi connectivity index (χ2n) is 10.2. The fourth-order valence-electron chi connectivity index (χ4n) is 5.36. The van der Waals surface area contributed by atoms with Gasteiger partial charge in [-0.05, 0) is 67.5 Å². The molecular weight excluding hydrogens is 568 g/mol. The number of halogens is 1. The maximum atomic E-state index is 13.4. The van der Waals surface area contributed by atoms with E-state index in [2.05, 4.69) is 32.7 Å². The van der Waals surface area contributed by atoms with Crippen LogP contribution in [0.1, 0.15) is 30.4 Å². The van der Waals surface area contributed by atoms with Crippen molar-refractivity contribution in [3.63, 3.8) is 0 Å². The van der Waals surface area contributed by atoms with E-state index >= 15 is 0 Å².